The normalized spacial score (nSPS) is 25.5. The molecule has 4 atom stereocenters. The summed E-state index contributed by atoms with van der Waals surface area (Å²) < 4.78 is 28.1. The van der Waals surface area contributed by atoms with Crippen molar-refractivity contribution in [3.63, 3.8) is 0 Å². The Labute approximate surface area is 191 Å². The lowest BCUT2D eigenvalue weighted by atomic mass is 9.94. The SMILES string of the molecule is Cc1cccc2c1CCC2Cc1ncnc2c([C@@H]3C[C@@H](COS(N)(=O)=O)[C@@H](O)C3)csc12. The van der Waals surface area contributed by atoms with Crippen LogP contribution in [0.25, 0.3) is 10.2 Å². The van der Waals surface area contributed by atoms with Gasteiger partial charge in [-0.25, -0.2) is 15.1 Å². The molecule has 1 unspecified atom stereocenters. The molecule has 1 saturated carbocycles. The lowest BCUT2D eigenvalue weighted by molar-refractivity contribution is 0.101. The number of nitrogens with zero attached hydrogens (tertiary/aromatic N) is 2. The first-order valence-corrected chi connectivity index (χ1v) is 13.3. The van der Waals surface area contributed by atoms with Gasteiger partial charge in [-0.2, -0.15) is 8.42 Å². The van der Waals surface area contributed by atoms with Gasteiger partial charge in [-0.05, 0) is 78.5 Å². The average Bonchev–Trinajstić information content (AvgIpc) is 3.44. The molecule has 2 aromatic heterocycles. The van der Waals surface area contributed by atoms with Crippen LogP contribution in [0, 0.1) is 12.8 Å². The van der Waals surface area contributed by atoms with Crippen LogP contribution in [0.5, 0.6) is 0 Å². The van der Waals surface area contributed by atoms with Crippen LogP contribution >= 0.6 is 11.3 Å². The third-order valence-electron chi connectivity index (χ3n) is 7.07. The van der Waals surface area contributed by atoms with Gasteiger partial charge in [-0.1, -0.05) is 18.2 Å². The summed E-state index contributed by atoms with van der Waals surface area (Å²) in [7, 11) is -4.01. The minimum atomic E-state index is -4.01. The van der Waals surface area contributed by atoms with Gasteiger partial charge >= 0.3 is 10.3 Å². The second-order valence-corrected chi connectivity index (χ2v) is 11.1. The number of aliphatic hydroxyl groups excluding tert-OH is 1. The van der Waals surface area contributed by atoms with Gasteiger partial charge in [-0.15, -0.1) is 11.3 Å². The lowest BCUT2D eigenvalue weighted by Gasteiger charge is -2.13. The summed E-state index contributed by atoms with van der Waals surface area (Å²) in [5.74, 6) is 0.305. The van der Waals surface area contributed by atoms with Gasteiger partial charge in [-0.3, -0.25) is 4.18 Å². The monoisotopic (exact) mass is 473 g/mol. The zero-order chi connectivity index (χ0) is 22.5. The number of nitrogens with two attached hydrogens (primary N) is 1. The Balaban J connectivity index is 1.37. The molecule has 3 N–H and O–H groups in total. The summed E-state index contributed by atoms with van der Waals surface area (Å²) in [5.41, 5.74) is 7.45. The summed E-state index contributed by atoms with van der Waals surface area (Å²) in [4.78, 5) is 9.23. The molecular weight excluding hydrogens is 446 g/mol. The van der Waals surface area contributed by atoms with Gasteiger partial charge in [0.1, 0.15) is 6.33 Å². The second kappa shape index (κ2) is 8.46. The van der Waals surface area contributed by atoms with Gasteiger partial charge in [0.15, 0.2) is 0 Å². The number of rotatable bonds is 6. The third kappa shape index (κ3) is 4.20. The van der Waals surface area contributed by atoms with E-state index >= 15 is 0 Å². The van der Waals surface area contributed by atoms with Crippen LogP contribution in [0.15, 0.2) is 29.9 Å². The number of fused-ring (bicyclic) bond motifs is 2. The number of benzene rings is 1. The molecule has 7 nitrogen and oxygen atoms in total. The standard InChI is InChI=1S/C23H27N3O4S2/c1-13-3-2-4-18-14(5-6-17(13)18)8-20-23-22(26-12-25-20)19(11-31-23)15-7-16(21(27)9-15)10-30-32(24,28)29/h2-4,11-12,14-16,21,27H,5-10H2,1H3,(H2,24,28,29)/t14?,15-,16+,21+/m1/s1. The van der Waals surface area contributed by atoms with Crippen LogP contribution in [-0.4, -0.2) is 36.2 Å². The number of hydrogen-bond donors (Lipinski definition) is 2. The minimum Gasteiger partial charge on any atom is -0.393 e. The maximum atomic E-state index is 11.1. The molecule has 0 saturated heterocycles. The molecule has 1 aromatic carbocycles. The van der Waals surface area contributed by atoms with E-state index in [0.29, 0.717) is 18.8 Å². The van der Waals surface area contributed by atoms with Crippen LogP contribution in [0.4, 0.5) is 0 Å². The van der Waals surface area contributed by atoms with Crippen molar-refractivity contribution < 1.29 is 17.7 Å². The van der Waals surface area contributed by atoms with E-state index in [9.17, 15) is 13.5 Å². The maximum Gasteiger partial charge on any atom is 0.333 e. The van der Waals surface area contributed by atoms with Crippen molar-refractivity contribution in [2.75, 3.05) is 6.61 Å². The van der Waals surface area contributed by atoms with E-state index in [0.717, 1.165) is 40.7 Å². The molecule has 2 aliphatic carbocycles. The number of hydrogen-bond acceptors (Lipinski definition) is 7. The van der Waals surface area contributed by atoms with E-state index in [1.165, 1.54) is 16.7 Å². The fraction of sp³-hybridized carbons (Fsp3) is 0.478. The molecule has 0 aliphatic heterocycles. The first kappa shape index (κ1) is 21.9. The predicted octanol–water partition coefficient (Wildman–Crippen LogP) is 3.35. The van der Waals surface area contributed by atoms with Crippen LogP contribution in [0.2, 0.25) is 0 Å². The van der Waals surface area contributed by atoms with Gasteiger partial charge in [0.2, 0.25) is 0 Å². The van der Waals surface area contributed by atoms with E-state index in [4.69, 9.17) is 9.32 Å². The van der Waals surface area contributed by atoms with Crippen molar-refractivity contribution in [3.8, 4) is 0 Å². The molecule has 32 heavy (non-hydrogen) atoms. The molecular formula is C23H27N3O4S2. The molecule has 2 heterocycles. The van der Waals surface area contributed by atoms with Crippen LogP contribution in [0.3, 0.4) is 0 Å². The molecule has 170 valence electrons. The fourth-order valence-electron chi connectivity index (χ4n) is 5.44. The van der Waals surface area contributed by atoms with Crippen molar-refractivity contribution in [1.82, 2.24) is 9.97 Å². The third-order valence-corrected chi connectivity index (χ3v) is 8.57. The van der Waals surface area contributed by atoms with E-state index in [1.807, 2.05) is 0 Å². The molecule has 9 heteroatoms. The summed E-state index contributed by atoms with van der Waals surface area (Å²) in [6, 6.07) is 6.58. The molecule has 0 bridgehead atoms. The lowest BCUT2D eigenvalue weighted by Crippen LogP contribution is -2.24. The highest BCUT2D eigenvalue weighted by molar-refractivity contribution is 7.84. The number of thiophene rings is 1. The quantitative estimate of drug-likeness (QED) is 0.567. The molecule has 0 amide bonds. The highest BCUT2D eigenvalue weighted by Gasteiger charge is 2.36. The first-order valence-electron chi connectivity index (χ1n) is 10.9. The summed E-state index contributed by atoms with van der Waals surface area (Å²) >= 11 is 1.66. The fourth-order valence-corrected chi connectivity index (χ4v) is 6.91. The van der Waals surface area contributed by atoms with Gasteiger partial charge in [0.05, 0.1) is 28.6 Å². The largest absolute Gasteiger partial charge is 0.393 e. The Bertz CT molecular complexity index is 1260. The van der Waals surface area contributed by atoms with Crippen molar-refractivity contribution in [2.24, 2.45) is 11.1 Å². The van der Waals surface area contributed by atoms with Gasteiger partial charge < -0.3 is 5.11 Å². The minimum absolute atomic E-state index is 0.0979. The smallest absolute Gasteiger partial charge is 0.333 e. The summed E-state index contributed by atoms with van der Waals surface area (Å²) in [5, 5.41) is 17.5. The molecule has 2 aliphatic rings. The Morgan fingerprint density at radius 2 is 2.09 bits per heavy atom. The topological polar surface area (TPSA) is 115 Å². The molecule has 3 aromatic rings. The van der Waals surface area contributed by atoms with Crippen molar-refractivity contribution in [1.29, 1.82) is 0 Å². The molecule has 5 rings (SSSR count). The van der Waals surface area contributed by atoms with E-state index < -0.39 is 16.4 Å². The Morgan fingerprint density at radius 3 is 2.91 bits per heavy atom. The van der Waals surface area contributed by atoms with Crippen LogP contribution in [0.1, 0.15) is 59.0 Å². The van der Waals surface area contributed by atoms with Crippen molar-refractivity contribution in [3.05, 3.63) is 57.9 Å². The summed E-state index contributed by atoms with van der Waals surface area (Å²) in [6.07, 6.45) is 5.37. The number of aryl methyl sites for hydroxylation is 1. The Kier molecular flexibility index (Phi) is 5.79. The highest BCUT2D eigenvalue weighted by Crippen LogP contribution is 2.44. The average molecular weight is 474 g/mol. The van der Waals surface area contributed by atoms with E-state index in [2.05, 4.69) is 40.5 Å². The zero-order valence-corrected chi connectivity index (χ0v) is 19.5. The Hall–Kier alpha value is -1.91. The Morgan fingerprint density at radius 1 is 1.25 bits per heavy atom. The molecule has 0 spiro atoms. The van der Waals surface area contributed by atoms with Crippen molar-refractivity contribution >= 4 is 31.9 Å². The van der Waals surface area contributed by atoms with Gasteiger partial charge in [0, 0.05) is 5.92 Å². The number of aromatic nitrogens is 2. The zero-order valence-electron chi connectivity index (χ0n) is 17.9. The van der Waals surface area contributed by atoms with Crippen molar-refractivity contribution in [2.45, 2.75) is 57.0 Å². The number of aliphatic hydroxyl groups is 1. The summed E-state index contributed by atoms with van der Waals surface area (Å²) in [6.45, 7) is 2.09. The first-order chi connectivity index (χ1) is 15.3. The van der Waals surface area contributed by atoms with Crippen LogP contribution in [-0.2, 0) is 27.3 Å². The highest BCUT2D eigenvalue weighted by atomic mass is 32.2. The molecule has 0 radical (unpaired) electrons. The van der Waals surface area contributed by atoms with E-state index in [-0.39, 0.29) is 18.4 Å². The van der Waals surface area contributed by atoms with Crippen LogP contribution < -0.4 is 5.14 Å². The second-order valence-electron chi connectivity index (χ2n) is 9.04. The van der Waals surface area contributed by atoms with Gasteiger partial charge in [0.25, 0.3) is 0 Å². The maximum absolute atomic E-state index is 11.1. The van der Waals surface area contributed by atoms with E-state index in [1.54, 1.807) is 17.7 Å². The predicted molar refractivity (Wildman–Crippen MR) is 124 cm³/mol. The molecule has 1 fully saturated rings.